The molecule has 0 aliphatic rings. The summed E-state index contributed by atoms with van der Waals surface area (Å²) < 4.78 is 13.0. The Kier molecular flexibility index (Phi) is 4.50. The predicted octanol–water partition coefficient (Wildman–Crippen LogP) is 3.15. The van der Waals surface area contributed by atoms with Crippen molar-refractivity contribution in [2.75, 3.05) is 12.3 Å². The fourth-order valence-electron chi connectivity index (χ4n) is 2.03. The molecule has 2 rings (SSSR count). The van der Waals surface area contributed by atoms with Gasteiger partial charge in [-0.25, -0.2) is 4.68 Å². The molecule has 0 saturated carbocycles. The first-order chi connectivity index (χ1) is 9.65. The zero-order chi connectivity index (χ0) is 14.5. The summed E-state index contributed by atoms with van der Waals surface area (Å²) in [4.78, 5) is 0. The maximum atomic E-state index is 6.10. The number of aromatic nitrogens is 2. The maximum absolute atomic E-state index is 6.10. The summed E-state index contributed by atoms with van der Waals surface area (Å²) in [7, 11) is 1.83. The van der Waals surface area contributed by atoms with Crippen molar-refractivity contribution in [1.82, 2.24) is 9.78 Å². The number of hydrogen-bond donors (Lipinski definition) is 1. The van der Waals surface area contributed by atoms with Gasteiger partial charge in [-0.1, -0.05) is 19.4 Å². The molecule has 1 aromatic carbocycles. The van der Waals surface area contributed by atoms with Crippen LogP contribution in [0.15, 0.2) is 24.3 Å². The Labute approximate surface area is 119 Å². The van der Waals surface area contributed by atoms with Crippen LogP contribution in [0.25, 0.3) is 0 Å². The second-order valence-electron chi connectivity index (χ2n) is 4.55. The normalized spacial score (nSPS) is 10.6. The number of nitrogens with two attached hydrogens (primary N) is 1. The lowest BCUT2D eigenvalue weighted by atomic mass is 10.2. The second kappa shape index (κ2) is 6.32. The third-order valence-electron chi connectivity index (χ3n) is 2.92. The Balaban J connectivity index is 2.23. The standard InChI is InChI=1S/C15H21N3O2/c1-4-7-13-14(16)15(18(3)17-13)20-12-9-6-8-11(10-12)19-5-2/h6,8-10H,4-5,7,16H2,1-3H3. The number of nitrogens with zero attached hydrogens (tertiary/aromatic N) is 2. The monoisotopic (exact) mass is 275 g/mol. The van der Waals surface area contributed by atoms with Gasteiger partial charge in [0.1, 0.15) is 17.2 Å². The quantitative estimate of drug-likeness (QED) is 0.879. The van der Waals surface area contributed by atoms with E-state index in [9.17, 15) is 0 Å². The van der Waals surface area contributed by atoms with Gasteiger partial charge in [0.15, 0.2) is 0 Å². The van der Waals surface area contributed by atoms with Crippen molar-refractivity contribution in [3.8, 4) is 17.4 Å². The van der Waals surface area contributed by atoms with Crippen LogP contribution in [0, 0.1) is 0 Å². The molecule has 0 bridgehead atoms. The molecule has 0 unspecified atom stereocenters. The van der Waals surface area contributed by atoms with Crippen LogP contribution >= 0.6 is 0 Å². The summed E-state index contributed by atoms with van der Waals surface area (Å²) >= 11 is 0. The molecule has 0 atom stereocenters. The van der Waals surface area contributed by atoms with E-state index in [0.717, 1.165) is 24.3 Å². The largest absolute Gasteiger partial charge is 0.494 e. The molecule has 0 spiro atoms. The number of nitrogen functional groups attached to an aromatic ring is 1. The van der Waals surface area contributed by atoms with Crippen molar-refractivity contribution in [1.29, 1.82) is 0 Å². The van der Waals surface area contributed by atoms with E-state index in [2.05, 4.69) is 12.0 Å². The van der Waals surface area contributed by atoms with Crippen molar-refractivity contribution in [3.63, 3.8) is 0 Å². The van der Waals surface area contributed by atoms with Gasteiger partial charge in [0, 0.05) is 13.1 Å². The summed E-state index contributed by atoms with van der Waals surface area (Å²) in [6, 6.07) is 7.50. The van der Waals surface area contributed by atoms with Crippen LogP contribution in [0.2, 0.25) is 0 Å². The van der Waals surface area contributed by atoms with Crippen molar-refractivity contribution in [3.05, 3.63) is 30.0 Å². The zero-order valence-electron chi connectivity index (χ0n) is 12.2. The molecule has 1 heterocycles. The smallest absolute Gasteiger partial charge is 0.241 e. The van der Waals surface area contributed by atoms with E-state index >= 15 is 0 Å². The lowest BCUT2D eigenvalue weighted by molar-refractivity contribution is 0.337. The molecular weight excluding hydrogens is 254 g/mol. The SMILES string of the molecule is CCCc1nn(C)c(Oc2cccc(OCC)c2)c1N. The van der Waals surface area contributed by atoms with Crippen LogP contribution in [0.5, 0.6) is 17.4 Å². The minimum absolute atomic E-state index is 0.571. The lowest BCUT2D eigenvalue weighted by Gasteiger charge is -2.08. The van der Waals surface area contributed by atoms with Gasteiger partial charge >= 0.3 is 0 Å². The minimum atomic E-state index is 0.571. The highest BCUT2D eigenvalue weighted by Gasteiger charge is 2.14. The summed E-state index contributed by atoms with van der Waals surface area (Å²) in [5.74, 6) is 2.04. The lowest BCUT2D eigenvalue weighted by Crippen LogP contribution is -1.97. The van der Waals surface area contributed by atoms with Gasteiger partial charge in [-0.05, 0) is 25.5 Å². The van der Waals surface area contributed by atoms with Crippen molar-refractivity contribution < 1.29 is 9.47 Å². The molecular formula is C15H21N3O2. The first kappa shape index (κ1) is 14.2. The first-order valence-corrected chi connectivity index (χ1v) is 6.87. The van der Waals surface area contributed by atoms with Gasteiger partial charge in [0.25, 0.3) is 0 Å². The molecule has 0 aliphatic heterocycles. The third-order valence-corrected chi connectivity index (χ3v) is 2.92. The Bertz CT molecular complexity index is 578. The highest BCUT2D eigenvalue weighted by Crippen LogP contribution is 2.31. The summed E-state index contributed by atoms with van der Waals surface area (Å²) in [6.07, 6.45) is 1.85. The number of rotatable bonds is 6. The van der Waals surface area contributed by atoms with Gasteiger partial charge in [-0.2, -0.15) is 5.10 Å². The van der Waals surface area contributed by atoms with E-state index in [0.29, 0.717) is 23.9 Å². The Morgan fingerprint density at radius 1 is 1.25 bits per heavy atom. The maximum Gasteiger partial charge on any atom is 0.241 e. The second-order valence-corrected chi connectivity index (χ2v) is 4.55. The fourth-order valence-corrected chi connectivity index (χ4v) is 2.03. The molecule has 0 amide bonds. The molecule has 1 aromatic heterocycles. The Hall–Kier alpha value is -2.17. The fraction of sp³-hybridized carbons (Fsp3) is 0.400. The Morgan fingerprint density at radius 2 is 2.00 bits per heavy atom. The zero-order valence-corrected chi connectivity index (χ0v) is 12.2. The van der Waals surface area contributed by atoms with Crippen molar-refractivity contribution >= 4 is 5.69 Å². The number of benzene rings is 1. The average molecular weight is 275 g/mol. The van der Waals surface area contributed by atoms with Gasteiger partial charge in [0.2, 0.25) is 5.88 Å². The van der Waals surface area contributed by atoms with E-state index in [4.69, 9.17) is 15.2 Å². The molecule has 5 nitrogen and oxygen atoms in total. The van der Waals surface area contributed by atoms with Crippen LogP contribution < -0.4 is 15.2 Å². The molecule has 20 heavy (non-hydrogen) atoms. The van der Waals surface area contributed by atoms with E-state index in [1.165, 1.54) is 0 Å². The minimum Gasteiger partial charge on any atom is -0.494 e. The predicted molar refractivity (Wildman–Crippen MR) is 79.3 cm³/mol. The molecule has 0 aliphatic carbocycles. The van der Waals surface area contributed by atoms with Crippen molar-refractivity contribution in [2.24, 2.45) is 7.05 Å². The van der Waals surface area contributed by atoms with Crippen LogP contribution in [0.4, 0.5) is 5.69 Å². The van der Waals surface area contributed by atoms with E-state index < -0.39 is 0 Å². The van der Waals surface area contributed by atoms with E-state index in [-0.39, 0.29) is 0 Å². The van der Waals surface area contributed by atoms with Gasteiger partial charge in [0.05, 0.1) is 12.3 Å². The highest BCUT2D eigenvalue weighted by atomic mass is 16.5. The number of anilines is 1. The number of aryl methyl sites for hydroxylation is 2. The molecule has 108 valence electrons. The van der Waals surface area contributed by atoms with Gasteiger partial charge in [-0.3, -0.25) is 0 Å². The van der Waals surface area contributed by atoms with Crippen LogP contribution in [-0.2, 0) is 13.5 Å². The number of hydrogen-bond acceptors (Lipinski definition) is 4. The van der Waals surface area contributed by atoms with Crippen molar-refractivity contribution in [2.45, 2.75) is 26.7 Å². The Morgan fingerprint density at radius 3 is 2.70 bits per heavy atom. The highest BCUT2D eigenvalue weighted by molar-refractivity contribution is 5.54. The molecule has 2 N–H and O–H groups in total. The van der Waals surface area contributed by atoms with E-state index in [1.54, 1.807) is 4.68 Å². The molecule has 0 fully saturated rings. The molecule has 0 saturated heterocycles. The summed E-state index contributed by atoms with van der Waals surface area (Å²) in [5, 5.41) is 4.39. The van der Waals surface area contributed by atoms with Crippen LogP contribution in [-0.4, -0.2) is 16.4 Å². The van der Waals surface area contributed by atoms with Gasteiger partial charge in [-0.15, -0.1) is 0 Å². The third kappa shape index (κ3) is 3.04. The van der Waals surface area contributed by atoms with Crippen LogP contribution in [0.3, 0.4) is 0 Å². The molecule has 2 aromatic rings. The number of ether oxygens (including phenoxy) is 2. The summed E-state index contributed by atoms with van der Waals surface area (Å²) in [5.41, 5.74) is 7.58. The molecule has 0 radical (unpaired) electrons. The topological polar surface area (TPSA) is 62.3 Å². The van der Waals surface area contributed by atoms with Crippen LogP contribution in [0.1, 0.15) is 26.0 Å². The molecule has 5 heteroatoms. The van der Waals surface area contributed by atoms with E-state index in [1.807, 2.05) is 38.2 Å². The first-order valence-electron chi connectivity index (χ1n) is 6.87. The van der Waals surface area contributed by atoms with Gasteiger partial charge < -0.3 is 15.2 Å². The average Bonchev–Trinajstić information content (AvgIpc) is 2.68. The summed E-state index contributed by atoms with van der Waals surface area (Å²) in [6.45, 7) is 4.67.